The molecule has 2 aliphatic carbocycles. The van der Waals surface area contributed by atoms with E-state index in [9.17, 15) is 19.2 Å². The van der Waals surface area contributed by atoms with Crippen LogP contribution in [0.5, 0.6) is 0 Å². The van der Waals surface area contributed by atoms with Crippen LogP contribution in [0.15, 0.2) is 68.8 Å². The van der Waals surface area contributed by atoms with Gasteiger partial charge in [-0.15, -0.1) is 0 Å². The zero-order valence-electron chi connectivity index (χ0n) is 23.6. The molecule has 1 aliphatic heterocycles. The van der Waals surface area contributed by atoms with Crippen molar-refractivity contribution >= 4 is 39.7 Å². The van der Waals surface area contributed by atoms with Gasteiger partial charge in [-0.05, 0) is 68.4 Å². The summed E-state index contributed by atoms with van der Waals surface area (Å²) < 4.78 is 0. The van der Waals surface area contributed by atoms with E-state index in [1.807, 2.05) is 34.6 Å². The van der Waals surface area contributed by atoms with E-state index in [0.29, 0.717) is 29.8 Å². The Balaban J connectivity index is 1.82. The highest BCUT2D eigenvalue weighted by Crippen LogP contribution is 2.41. The van der Waals surface area contributed by atoms with Crippen molar-refractivity contribution in [3.63, 3.8) is 0 Å². The van der Waals surface area contributed by atoms with E-state index in [1.54, 1.807) is 13.8 Å². The first-order valence-electron chi connectivity index (χ1n) is 13.6. The van der Waals surface area contributed by atoms with Crippen molar-refractivity contribution in [3.05, 3.63) is 80.6 Å². The van der Waals surface area contributed by atoms with Crippen LogP contribution in [0.25, 0.3) is 10.9 Å². The summed E-state index contributed by atoms with van der Waals surface area (Å²) >= 11 is 0. The van der Waals surface area contributed by atoms with Gasteiger partial charge in [0.1, 0.15) is 0 Å². The molecule has 0 bridgehead atoms. The zero-order chi connectivity index (χ0) is 28.3. The van der Waals surface area contributed by atoms with Gasteiger partial charge in [0.15, 0.2) is 23.1 Å². The lowest BCUT2D eigenvalue weighted by Crippen LogP contribution is -2.37. The van der Waals surface area contributed by atoms with Gasteiger partial charge in [0.25, 0.3) is 0 Å². The number of allylic oxidation sites excluding steroid dienone is 8. The molecule has 6 heteroatoms. The molecule has 2 aromatic rings. The third-order valence-electron chi connectivity index (χ3n) is 8.19. The van der Waals surface area contributed by atoms with Gasteiger partial charge in [0.05, 0.1) is 17.3 Å². The number of rotatable bonds is 5. The van der Waals surface area contributed by atoms with E-state index < -0.39 is 5.92 Å². The highest BCUT2D eigenvalue weighted by atomic mass is 16.1. The van der Waals surface area contributed by atoms with Crippen LogP contribution in [0.3, 0.4) is 0 Å². The Morgan fingerprint density at radius 2 is 1.33 bits per heavy atom. The Morgan fingerprint density at radius 3 is 1.85 bits per heavy atom. The van der Waals surface area contributed by atoms with E-state index in [2.05, 4.69) is 23.2 Å². The Hall–Kier alpha value is -3.93. The maximum absolute atomic E-state index is 14.1. The van der Waals surface area contributed by atoms with Crippen LogP contribution >= 0.6 is 0 Å². The summed E-state index contributed by atoms with van der Waals surface area (Å²) in [6, 6.07) is 6.21. The van der Waals surface area contributed by atoms with Gasteiger partial charge in [-0.2, -0.15) is 0 Å². The average Bonchev–Trinajstić information content (AvgIpc) is 3.24. The molecule has 0 atom stereocenters. The third-order valence-corrected chi connectivity index (χ3v) is 8.19. The Bertz CT molecular complexity index is 1580. The summed E-state index contributed by atoms with van der Waals surface area (Å²) in [6.07, 6.45) is 3.53. The van der Waals surface area contributed by atoms with Crippen LogP contribution < -0.4 is 0 Å². The van der Waals surface area contributed by atoms with E-state index in [1.165, 1.54) is 12.2 Å². The second-order valence-electron chi connectivity index (χ2n) is 11.5. The van der Waals surface area contributed by atoms with Crippen molar-refractivity contribution in [1.29, 1.82) is 0 Å². The number of nitrogens with zero attached hydrogens (tertiary/aromatic N) is 1. The molecule has 1 aromatic carbocycles. The second-order valence-corrected chi connectivity index (χ2v) is 11.5. The number of H-pyrrole nitrogens is 1. The largest absolute Gasteiger partial charge is 0.353 e. The fourth-order valence-electron chi connectivity index (χ4n) is 5.97. The summed E-state index contributed by atoms with van der Waals surface area (Å²) in [5, 5.41) is 1.07. The molecule has 0 saturated heterocycles. The molecule has 39 heavy (non-hydrogen) atoms. The second kappa shape index (κ2) is 9.67. The molecule has 0 radical (unpaired) electrons. The number of carbonyl (C=O) groups excluding carboxylic acids is 4. The van der Waals surface area contributed by atoms with Crippen LogP contribution in [-0.2, 0) is 25.6 Å². The SMILES string of the molecule is CC1=C(C(C2=NCCc3c2[nH]c2cc(C)ccc32)C2=C(C)C(=O)C=C(C(C)C)C2=O)C(=O)C(C(C)C)=CC1=O. The number of hydrogen-bond acceptors (Lipinski definition) is 5. The molecule has 6 nitrogen and oxygen atoms in total. The molecule has 0 unspecified atom stereocenters. The molecular formula is C33H34N2O4. The van der Waals surface area contributed by atoms with Gasteiger partial charge in [0.2, 0.25) is 0 Å². The molecule has 0 saturated carbocycles. The van der Waals surface area contributed by atoms with E-state index in [0.717, 1.165) is 27.7 Å². The van der Waals surface area contributed by atoms with Crippen LogP contribution in [0.2, 0.25) is 0 Å². The normalized spacial score (nSPS) is 18.6. The van der Waals surface area contributed by atoms with Gasteiger partial charge in [-0.1, -0.05) is 39.8 Å². The monoisotopic (exact) mass is 522 g/mol. The molecule has 5 rings (SSSR count). The predicted octanol–water partition coefficient (Wildman–Crippen LogP) is 5.54. The molecule has 1 aromatic heterocycles. The lowest BCUT2D eigenvalue weighted by molar-refractivity contribution is -0.117. The number of carbonyl (C=O) groups is 4. The molecule has 1 N–H and O–H groups in total. The average molecular weight is 523 g/mol. The Labute approximate surface area is 228 Å². The minimum Gasteiger partial charge on any atom is -0.353 e. The molecule has 0 amide bonds. The van der Waals surface area contributed by atoms with Gasteiger partial charge in [0, 0.05) is 50.9 Å². The Morgan fingerprint density at radius 1 is 0.795 bits per heavy atom. The van der Waals surface area contributed by atoms with Crippen LogP contribution in [-0.4, -0.2) is 40.4 Å². The minimum absolute atomic E-state index is 0.185. The maximum atomic E-state index is 14.1. The van der Waals surface area contributed by atoms with Gasteiger partial charge in [-0.25, -0.2) is 0 Å². The molecule has 3 aliphatic rings. The number of aliphatic imine (C=N–C) groups is 1. The lowest BCUT2D eigenvalue weighted by Gasteiger charge is -2.32. The molecule has 200 valence electrons. The van der Waals surface area contributed by atoms with Gasteiger partial charge in [-0.3, -0.25) is 24.2 Å². The summed E-state index contributed by atoms with van der Waals surface area (Å²) in [5.74, 6) is -2.37. The van der Waals surface area contributed by atoms with Crippen LogP contribution in [0, 0.1) is 24.7 Å². The summed E-state index contributed by atoms with van der Waals surface area (Å²) in [5.41, 5.74) is 6.29. The molecule has 2 heterocycles. The van der Waals surface area contributed by atoms with E-state index in [4.69, 9.17) is 4.99 Å². The molecule has 0 fully saturated rings. The maximum Gasteiger partial charge on any atom is 0.186 e. The number of ketones is 4. The number of aromatic nitrogens is 1. The number of hydrogen-bond donors (Lipinski definition) is 1. The highest BCUT2D eigenvalue weighted by Gasteiger charge is 2.43. The number of fused-ring (bicyclic) bond motifs is 3. The van der Waals surface area contributed by atoms with Crippen LogP contribution in [0.1, 0.15) is 58.4 Å². The molecular weight excluding hydrogens is 488 g/mol. The van der Waals surface area contributed by atoms with E-state index >= 15 is 0 Å². The van der Waals surface area contributed by atoms with Crippen molar-refractivity contribution in [2.45, 2.75) is 54.9 Å². The van der Waals surface area contributed by atoms with Gasteiger partial charge < -0.3 is 4.98 Å². The van der Waals surface area contributed by atoms with Gasteiger partial charge >= 0.3 is 0 Å². The third kappa shape index (κ3) is 4.22. The first-order valence-corrected chi connectivity index (χ1v) is 13.6. The van der Waals surface area contributed by atoms with Crippen molar-refractivity contribution in [2.24, 2.45) is 22.7 Å². The molecule has 0 spiro atoms. The van der Waals surface area contributed by atoms with Crippen molar-refractivity contribution < 1.29 is 19.2 Å². The van der Waals surface area contributed by atoms with Crippen molar-refractivity contribution in [1.82, 2.24) is 4.98 Å². The lowest BCUT2D eigenvalue weighted by atomic mass is 9.69. The Kier molecular flexibility index (Phi) is 6.61. The topological polar surface area (TPSA) is 96.4 Å². The summed E-state index contributed by atoms with van der Waals surface area (Å²) in [4.78, 5) is 63.1. The van der Waals surface area contributed by atoms with Crippen molar-refractivity contribution in [3.8, 4) is 0 Å². The van der Waals surface area contributed by atoms with Crippen molar-refractivity contribution in [2.75, 3.05) is 6.54 Å². The smallest absolute Gasteiger partial charge is 0.186 e. The number of Topliss-reactive ketones (excluding diaryl/α,β-unsaturated/α-hetero) is 2. The first-order chi connectivity index (χ1) is 18.4. The number of benzene rings is 1. The standard InChI is InChI=1S/C33H34N2O4/c1-15(2)22-13-25(36)18(6)27(32(22)38)29(28-19(7)26(37)14-23(16(3)4)33(28)39)31-30-21(10-11-34-31)20-9-8-17(5)12-24(20)35-30/h8-9,12-16,29,35H,10-11H2,1-7H3. The minimum atomic E-state index is -0.948. The van der Waals surface area contributed by atoms with E-state index in [-0.39, 0.29) is 57.3 Å². The highest BCUT2D eigenvalue weighted by molar-refractivity contribution is 6.31. The summed E-state index contributed by atoms with van der Waals surface area (Å²) in [6.45, 7) is 13.3. The summed E-state index contributed by atoms with van der Waals surface area (Å²) in [7, 11) is 0. The number of nitrogens with one attached hydrogen (secondary N) is 1. The number of aromatic amines is 1. The fraction of sp³-hybridized carbons (Fsp3) is 0.364. The number of aryl methyl sites for hydroxylation is 1. The predicted molar refractivity (Wildman–Crippen MR) is 153 cm³/mol. The fourth-order valence-corrected chi connectivity index (χ4v) is 5.97. The quantitative estimate of drug-likeness (QED) is 0.522. The van der Waals surface area contributed by atoms with Crippen LogP contribution in [0.4, 0.5) is 0 Å². The zero-order valence-corrected chi connectivity index (χ0v) is 23.6. The first kappa shape index (κ1) is 26.7.